The molecule has 4 saturated carbocycles. The average molecular weight is 454 g/mol. The maximum atomic E-state index is 13.9. The van der Waals surface area contributed by atoms with Crippen LogP contribution in [0.25, 0.3) is 0 Å². The van der Waals surface area contributed by atoms with Gasteiger partial charge in [0.1, 0.15) is 0 Å². The van der Waals surface area contributed by atoms with Crippen LogP contribution in [0.15, 0.2) is 29.1 Å². The molecule has 11 heteroatoms. The van der Waals surface area contributed by atoms with Crippen LogP contribution in [0.2, 0.25) is 0 Å². The highest BCUT2D eigenvalue weighted by Crippen LogP contribution is 2.64. The minimum absolute atomic E-state index is 0.145. The van der Waals surface area contributed by atoms with Crippen LogP contribution in [0.4, 0.5) is 5.95 Å². The molecule has 1 aliphatic heterocycles. The molecule has 2 aromatic heterocycles. The predicted molar refractivity (Wildman–Crippen MR) is 113 cm³/mol. The van der Waals surface area contributed by atoms with Gasteiger partial charge in [-0.2, -0.15) is 4.68 Å². The summed E-state index contributed by atoms with van der Waals surface area (Å²) in [7, 11) is 0. The third kappa shape index (κ3) is 3.16. The van der Waals surface area contributed by atoms with E-state index in [1.54, 1.807) is 21.7 Å². The summed E-state index contributed by atoms with van der Waals surface area (Å²) in [6.45, 7) is 1.97. The molecule has 4 bridgehead atoms. The summed E-state index contributed by atoms with van der Waals surface area (Å²) in [5, 5.41) is 15.3. The Labute approximate surface area is 189 Å². The van der Waals surface area contributed by atoms with Crippen molar-refractivity contribution >= 4 is 17.8 Å². The Morgan fingerprint density at radius 3 is 2.39 bits per heavy atom. The maximum absolute atomic E-state index is 13.9. The van der Waals surface area contributed by atoms with Gasteiger partial charge < -0.3 is 24.3 Å². The molecule has 0 unspecified atom stereocenters. The van der Waals surface area contributed by atoms with Gasteiger partial charge in [-0.3, -0.25) is 9.59 Å². The fourth-order valence-corrected chi connectivity index (χ4v) is 7.30. The Morgan fingerprint density at radius 1 is 1.09 bits per heavy atom. The summed E-state index contributed by atoms with van der Waals surface area (Å²) in [6.07, 6.45) is 8.24. The van der Waals surface area contributed by atoms with E-state index < -0.39 is 10.3 Å². The van der Waals surface area contributed by atoms with Crippen LogP contribution in [0, 0.1) is 27.4 Å². The van der Waals surface area contributed by atoms with Gasteiger partial charge in [0, 0.05) is 31.3 Å². The van der Waals surface area contributed by atoms with Crippen molar-refractivity contribution in [1.29, 1.82) is 0 Å². The Bertz CT molecular complexity index is 1090. The molecule has 5 fully saturated rings. The fourth-order valence-electron chi connectivity index (χ4n) is 7.30. The highest BCUT2D eigenvalue weighted by Gasteiger charge is 2.63. The van der Waals surface area contributed by atoms with Gasteiger partial charge in [0.25, 0.3) is 5.91 Å². The van der Waals surface area contributed by atoms with Crippen molar-refractivity contribution in [1.82, 2.24) is 24.6 Å². The number of furan rings is 1. The average Bonchev–Trinajstić information content (AvgIpc) is 3.50. The first-order valence-corrected chi connectivity index (χ1v) is 11.6. The number of carbonyl (C=O) groups is 2. The second-order valence-electron chi connectivity index (χ2n) is 10.3. The van der Waals surface area contributed by atoms with Gasteiger partial charge in [0.15, 0.2) is 5.76 Å². The Kier molecular flexibility index (Phi) is 4.40. The topological polar surface area (TPSA) is 128 Å². The molecule has 0 aromatic carbocycles. The summed E-state index contributed by atoms with van der Waals surface area (Å²) in [4.78, 5) is 44.6. The highest BCUT2D eigenvalue weighted by molar-refractivity contribution is 5.91. The molecular weight excluding hydrogens is 428 g/mol. The van der Waals surface area contributed by atoms with Gasteiger partial charge in [-0.1, -0.05) is 4.98 Å². The van der Waals surface area contributed by atoms with Crippen LogP contribution in [0.3, 0.4) is 0 Å². The largest absolute Gasteiger partial charge is 0.490 e. The lowest BCUT2D eigenvalue weighted by Crippen LogP contribution is -2.63. The summed E-state index contributed by atoms with van der Waals surface area (Å²) < 4.78 is 6.91. The highest BCUT2D eigenvalue weighted by atomic mass is 16.6. The quantitative estimate of drug-likeness (QED) is 0.511. The van der Waals surface area contributed by atoms with E-state index in [1.807, 2.05) is 4.90 Å². The van der Waals surface area contributed by atoms with E-state index in [0.29, 0.717) is 50.2 Å². The first-order chi connectivity index (χ1) is 15.9. The molecule has 2 atom stereocenters. The lowest BCUT2D eigenvalue weighted by atomic mass is 9.46. The first-order valence-electron chi connectivity index (χ1n) is 11.6. The van der Waals surface area contributed by atoms with Crippen molar-refractivity contribution in [2.75, 3.05) is 26.2 Å². The number of amides is 2. The third-order valence-corrected chi connectivity index (χ3v) is 8.20. The lowest BCUT2D eigenvalue weighted by molar-refractivity contribution is -0.394. The number of piperazine rings is 1. The summed E-state index contributed by atoms with van der Waals surface area (Å²) >= 11 is 0. The minimum Gasteiger partial charge on any atom is -0.459 e. The van der Waals surface area contributed by atoms with Crippen molar-refractivity contribution in [2.24, 2.45) is 17.3 Å². The number of rotatable bonds is 4. The lowest BCUT2D eigenvalue weighted by Gasteiger charge is -2.61. The number of hydrogen-bond donors (Lipinski definition) is 0. The second-order valence-corrected chi connectivity index (χ2v) is 10.3. The van der Waals surface area contributed by atoms with Gasteiger partial charge >= 0.3 is 5.95 Å². The van der Waals surface area contributed by atoms with Gasteiger partial charge in [0.2, 0.25) is 12.2 Å². The molecule has 7 rings (SSSR count). The molecule has 174 valence electrons. The summed E-state index contributed by atoms with van der Waals surface area (Å²) in [5.41, 5.74) is -0.837. The first kappa shape index (κ1) is 20.4. The van der Waals surface area contributed by atoms with E-state index in [9.17, 15) is 19.7 Å². The van der Waals surface area contributed by atoms with Gasteiger partial charge in [-0.15, -0.1) is 0 Å². The number of aromatic nitrogens is 3. The third-order valence-electron chi connectivity index (χ3n) is 8.20. The normalized spacial score (nSPS) is 32.8. The molecule has 4 aliphatic carbocycles. The van der Waals surface area contributed by atoms with Crippen LogP contribution in [0.1, 0.15) is 49.1 Å². The number of nitrogens with zero attached hydrogens (tertiary/aromatic N) is 6. The van der Waals surface area contributed by atoms with Crippen molar-refractivity contribution in [3.8, 4) is 0 Å². The standard InChI is InChI=1S/C22H26N6O5/c29-18(17-2-1-7-33-17)25-3-5-26(6-4-25)19(30)21-9-15-8-16(10-21)12-22(11-15,13-21)27-14-23-20(24-27)28(31)32/h1-2,7,14-16H,3-6,8-13H2/t15-,16-,21?,22?/m0/s1. The molecule has 11 nitrogen and oxygen atoms in total. The molecule has 5 aliphatic rings. The van der Waals surface area contributed by atoms with Gasteiger partial charge in [-0.25, -0.2) is 0 Å². The molecule has 1 saturated heterocycles. The molecule has 0 N–H and O–H groups in total. The monoisotopic (exact) mass is 454 g/mol. The predicted octanol–water partition coefficient (Wildman–Crippen LogP) is 2.06. The summed E-state index contributed by atoms with van der Waals surface area (Å²) in [5.74, 6) is 0.790. The smallest absolute Gasteiger partial charge is 0.459 e. The molecule has 2 aromatic rings. The van der Waals surface area contributed by atoms with Crippen molar-refractivity contribution in [3.63, 3.8) is 0 Å². The Morgan fingerprint density at radius 2 is 1.79 bits per heavy atom. The molecular formula is C22H26N6O5. The van der Waals surface area contributed by atoms with Crippen molar-refractivity contribution < 1.29 is 18.9 Å². The van der Waals surface area contributed by atoms with E-state index in [0.717, 1.165) is 32.1 Å². The van der Waals surface area contributed by atoms with E-state index in [2.05, 4.69) is 10.1 Å². The molecule has 33 heavy (non-hydrogen) atoms. The number of hydrogen-bond acceptors (Lipinski definition) is 7. The van der Waals surface area contributed by atoms with Crippen molar-refractivity contribution in [3.05, 3.63) is 40.6 Å². The van der Waals surface area contributed by atoms with Gasteiger partial charge in [-0.05, 0) is 67.4 Å². The van der Waals surface area contributed by atoms with Crippen LogP contribution in [-0.4, -0.2) is 67.5 Å². The van der Waals surface area contributed by atoms with Gasteiger partial charge in [0.05, 0.1) is 17.2 Å². The van der Waals surface area contributed by atoms with E-state index >= 15 is 0 Å². The van der Waals surface area contributed by atoms with E-state index in [1.165, 1.54) is 12.6 Å². The van der Waals surface area contributed by atoms with E-state index in [4.69, 9.17) is 4.42 Å². The SMILES string of the molecule is O=C(c1ccco1)N1CCN(C(=O)C23C[C@@H]4C[C@@H](C2)CC(n2cnc([N+](=O)[O-])n2)(C4)C3)CC1. The molecule has 0 radical (unpaired) electrons. The zero-order valence-corrected chi connectivity index (χ0v) is 18.3. The Hall–Kier alpha value is -3.24. The summed E-state index contributed by atoms with van der Waals surface area (Å²) in [6, 6.07) is 3.35. The zero-order chi connectivity index (χ0) is 22.8. The van der Waals surface area contributed by atoms with E-state index in [-0.39, 0.29) is 23.3 Å². The van der Waals surface area contributed by atoms with Crippen LogP contribution >= 0.6 is 0 Å². The fraction of sp³-hybridized carbons (Fsp3) is 0.636. The minimum atomic E-state index is -0.568. The Balaban J connectivity index is 1.21. The molecule has 2 amide bonds. The van der Waals surface area contributed by atoms with Crippen LogP contribution in [-0.2, 0) is 10.3 Å². The second kappa shape index (κ2) is 7.13. The number of nitro groups is 1. The van der Waals surface area contributed by atoms with Crippen molar-refractivity contribution in [2.45, 2.75) is 44.1 Å². The number of carbonyl (C=O) groups excluding carboxylic acids is 2. The molecule has 3 heterocycles. The maximum Gasteiger partial charge on any atom is 0.490 e. The molecule has 0 spiro atoms. The van der Waals surface area contributed by atoms with Crippen LogP contribution in [0.5, 0.6) is 0 Å². The zero-order valence-electron chi connectivity index (χ0n) is 18.3. The van der Waals surface area contributed by atoms with Crippen LogP contribution < -0.4 is 0 Å².